The van der Waals surface area contributed by atoms with Crippen molar-refractivity contribution in [1.82, 2.24) is 0 Å². The Morgan fingerprint density at radius 3 is 2.20 bits per heavy atom. The van der Waals surface area contributed by atoms with Gasteiger partial charge in [-0.05, 0) is 31.1 Å². The molecule has 0 N–H and O–H groups in total. The Kier molecular flexibility index (Phi) is 1.30. The lowest BCUT2D eigenvalue weighted by molar-refractivity contribution is 0.584. The number of hydrogen-bond acceptors (Lipinski definition) is 2. The molecule has 1 unspecified atom stereocenters. The maximum absolute atomic E-state index is 10.8. The second kappa shape index (κ2) is 1.89. The second-order valence-electron chi connectivity index (χ2n) is 3.25. The van der Waals surface area contributed by atoms with Crippen LogP contribution in [0.4, 0.5) is 0 Å². The molecule has 2 aliphatic carbocycles. The summed E-state index contributed by atoms with van der Waals surface area (Å²) in [6, 6.07) is 0. The van der Waals surface area contributed by atoms with E-state index in [9.17, 15) is 8.42 Å². The molecule has 2 rings (SSSR count). The number of rotatable bonds is 1. The summed E-state index contributed by atoms with van der Waals surface area (Å²) in [5.74, 6) is 1.11. The lowest BCUT2D eigenvalue weighted by Gasteiger charge is -2.04. The van der Waals surface area contributed by atoms with Crippen LogP contribution < -0.4 is 0 Å². The first-order valence-corrected chi connectivity index (χ1v) is 5.90. The highest BCUT2D eigenvalue weighted by molar-refractivity contribution is 8.14. The minimum Gasteiger partial charge on any atom is -0.212 e. The average molecular weight is 181 g/mol. The second-order valence-corrected chi connectivity index (χ2v) is 6.10. The summed E-state index contributed by atoms with van der Waals surface area (Å²) in [7, 11) is 2.00. The van der Waals surface area contributed by atoms with E-state index in [-0.39, 0.29) is 5.25 Å². The predicted molar refractivity (Wildman–Crippen MR) is 39.4 cm³/mol. The largest absolute Gasteiger partial charge is 0.235 e. The molecule has 0 bridgehead atoms. The van der Waals surface area contributed by atoms with Crippen LogP contribution in [0.2, 0.25) is 0 Å². The third kappa shape index (κ3) is 0.957. The van der Waals surface area contributed by atoms with Crippen LogP contribution in [0.15, 0.2) is 0 Å². The van der Waals surface area contributed by atoms with E-state index in [4.69, 9.17) is 10.7 Å². The van der Waals surface area contributed by atoms with Crippen molar-refractivity contribution in [1.29, 1.82) is 0 Å². The van der Waals surface area contributed by atoms with Gasteiger partial charge in [-0.2, -0.15) is 0 Å². The third-order valence-corrected chi connectivity index (χ3v) is 4.63. The molecule has 10 heavy (non-hydrogen) atoms. The molecule has 0 aliphatic heterocycles. The molecule has 0 aromatic heterocycles. The molecular weight excluding hydrogens is 172 g/mol. The molecule has 2 aliphatic rings. The molecule has 4 heteroatoms. The summed E-state index contributed by atoms with van der Waals surface area (Å²) in [5, 5.41) is -0.209. The summed E-state index contributed by atoms with van der Waals surface area (Å²) in [4.78, 5) is 0. The van der Waals surface area contributed by atoms with Crippen molar-refractivity contribution in [2.24, 2.45) is 11.8 Å². The monoisotopic (exact) mass is 180 g/mol. The highest BCUT2D eigenvalue weighted by atomic mass is 35.7. The number of fused-ring (bicyclic) bond motifs is 1. The van der Waals surface area contributed by atoms with E-state index in [1.807, 2.05) is 0 Å². The van der Waals surface area contributed by atoms with Crippen molar-refractivity contribution in [2.45, 2.75) is 24.5 Å². The van der Waals surface area contributed by atoms with E-state index in [0.717, 1.165) is 19.3 Å². The van der Waals surface area contributed by atoms with Gasteiger partial charge in [0.15, 0.2) is 0 Å². The van der Waals surface area contributed by atoms with Gasteiger partial charge >= 0.3 is 0 Å². The first-order valence-electron chi connectivity index (χ1n) is 3.52. The zero-order chi connectivity index (χ0) is 7.35. The van der Waals surface area contributed by atoms with Gasteiger partial charge < -0.3 is 0 Å². The lowest BCUT2D eigenvalue weighted by atomic mass is 10.2. The van der Waals surface area contributed by atoms with Gasteiger partial charge in [-0.25, -0.2) is 8.42 Å². The summed E-state index contributed by atoms with van der Waals surface area (Å²) < 4.78 is 21.7. The van der Waals surface area contributed by atoms with E-state index >= 15 is 0 Å². The van der Waals surface area contributed by atoms with Crippen molar-refractivity contribution in [2.75, 3.05) is 0 Å². The maximum atomic E-state index is 10.8. The van der Waals surface area contributed by atoms with Gasteiger partial charge in [0.05, 0.1) is 5.25 Å². The van der Waals surface area contributed by atoms with Gasteiger partial charge in [0, 0.05) is 10.7 Å². The van der Waals surface area contributed by atoms with Gasteiger partial charge in [-0.1, -0.05) is 0 Å². The molecule has 0 amide bonds. The molecule has 58 valence electrons. The molecule has 3 atom stereocenters. The van der Waals surface area contributed by atoms with E-state index < -0.39 is 9.05 Å². The summed E-state index contributed by atoms with van der Waals surface area (Å²) in [6.07, 6.45) is 2.96. The van der Waals surface area contributed by atoms with Crippen LogP contribution in [0.5, 0.6) is 0 Å². The van der Waals surface area contributed by atoms with Crippen LogP contribution in [-0.2, 0) is 9.05 Å². The Hall–Kier alpha value is 0.240. The Morgan fingerprint density at radius 2 is 2.00 bits per heavy atom. The fourth-order valence-corrected chi connectivity index (χ4v) is 3.83. The van der Waals surface area contributed by atoms with Crippen LogP contribution in [0.1, 0.15) is 19.3 Å². The van der Waals surface area contributed by atoms with Crippen LogP contribution in [-0.4, -0.2) is 13.7 Å². The molecular formula is C6H9ClO2S. The maximum Gasteiger partial charge on any atom is 0.235 e. The Labute approximate surface area is 65.0 Å². The highest BCUT2D eigenvalue weighted by Gasteiger charge is 2.52. The normalized spacial score (nSPS) is 45.1. The molecule has 0 saturated heterocycles. The van der Waals surface area contributed by atoms with Gasteiger partial charge in [0.25, 0.3) is 0 Å². The first kappa shape index (κ1) is 6.92. The zero-order valence-corrected chi connectivity index (χ0v) is 7.03. The molecule has 2 fully saturated rings. The highest BCUT2D eigenvalue weighted by Crippen LogP contribution is 2.54. The Morgan fingerprint density at radius 1 is 1.30 bits per heavy atom. The first-order chi connectivity index (χ1) is 4.59. The predicted octanol–water partition coefficient (Wildman–Crippen LogP) is 1.35. The van der Waals surface area contributed by atoms with Gasteiger partial charge in [-0.15, -0.1) is 0 Å². The minimum absolute atomic E-state index is 0.209. The molecule has 0 radical (unpaired) electrons. The minimum atomic E-state index is -3.24. The Bertz CT molecular complexity index is 246. The van der Waals surface area contributed by atoms with Gasteiger partial charge in [0.2, 0.25) is 9.05 Å². The summed E-state index contributed by atoms with van der Waals surface area (Å²) in [6.45, 7) is 0. The summed E-state index contributed by atoms with van der Waals surface area (Å²) >= 11 is 0. The summed E-state index contributed by atoms with van der Waals surface area (Å²) in [5.41, 5.74) is 0. The number of halogens is 1. The molecule has 0 spiro atoms. The standard InChI is InChI=1S/C6H9ClO2S/c7-10(8,9)6-2-1-4-3-5(4)6/h4-6H,1-3H2/t4-,5+,6?/m1/s1. The van der Waals surface area contributed by atoms with E-state index in [1.54, 1.807) is 0 Å². The molecule has 2 saturated carbocycles. The zero-order valence-electron chi connectivity index (χ0n) is 5.46. The van der Waals surface area contributed by atoms with E-state index in [1.165, 1.54) is 0 Å². The fraction of sp³-hybridized carbons (Fsp3) is 1.00. The van der Waals surface area contributed by atoms with E-state index in [0.29, 0.717) is 11.8 Å². The van der Waals surface area contributed by atoms with Crippen molar-refractivity contribution >= 4 is 19.7 Å². The van der Waals surface area contributed by atoms with Crippen LogP contribution in [0, 0.1) is 11.8 Å². The topological polar surface area (TPSA) is 34.1 Å². The fourth-order valence-electron chi connectivity index (χ4n) is 2.00. The Balaban J connectivity index is 2.20. The van der Waals surface area contributed by atoms with Crippen molar-refractivity contribution in [3.63, 3.8) is 0 Å². The SMILES string of the molecule is O=S(=O)(Cl)C1CC[C@@H]2C[C@H]12. The van der Waals surface area contributed by atoms with E-state index in [2.05, 4.69) is 0 Å². The van der Waals surface area contributed by atoms with Crippen LogP contribution in [0.25, 0.3) is 0 Å². The van der Waals surface area contributed by atoms with Crippen molar-refractivity contribution in [3.05, 3.63) is 0 Å². The molecule has 2 nitrogen and oxygen atoms in total. The molecule has 0 heterocycles. The third-order valence-electron chi connectivity index (χ3n) is 2.64. The number of hydrogen-bond donors (Lipinski definition) is 0. The van der Waals surface area contributed by atoms with Crippen LogP contribution in [0.3, 0.4) is 0 Å². The smallest absolute Gasteiger partial charge is 0.212 e. The molecule has 0 aromatic carbocycles. The van der Waals surface area contributed by atoms with Crippen molar-refractivity contribution < 1.29 is 8.42 Å². The van der Waals surface area contributed by atoms with Crippen molar-refractivity contribution in [3.8, 4) is 0 Å². The van der Waals surface area contributed by atoms with Gasteiger partial charge in [-0.3, -0.25) is 0 Å². The lowest BCUT2D eigenvalue weighted by Crippen LogP contribution is -2.14. The molecule has 0 aromatic rings. The quantitative estimate of drug-likeness (QED) is 0.571. The van der Waals surface area contributed by atoms with Crippen LogP contribution >= 0.6 is 10.7 Å². The average Bonchev–Trinajstić information content (AvgIpc) is 2.40. The van der Waals surface area contributed by atoms with Gasteiger partial charge in [0.1, 0.15) is 0 Å².